The summed E-state index contributed by atoms with van der Waals surface area (Å²) in [5, 5.41) is 9.20. The number of benzene rings is 1. The monoisotopic (exact) mass is 248 g/mol. The lowest BCUT2D eigenvalue weighted by atomic mass is 10.1. The Bertz CT molecular complexity index is 539. The Hall–Kier alpha value is -1.39. The number of hydrogen-bond donors (Lipinski definition) is 2. The number of hydrogen-bond acceptors (Lipinski definition) is 2. The van der Waals surface area contributed by atoms with Crippen molar-refractivity contribution in [3.05, 3.63) is 52.1 Å². The zero-order valence-corrected chi connectivity index (χ0v) is 10.6. The predicted octanol–water partition coefficient (Wildman–Crippen LogP) is 2.65. The Morgan fingerprint density at radius 3 is 2.47 bits per heavy atom. The van der Waals surface area contributed by atoms with Crippen LogP contribution in [-0.2, 0) is 19.6 Å². The first kappa shape index (κ1) is 12.1. The molecule has 0 atom stereocenters. The fourth-order valence-corrected chi connectivity index (χ4v) is 2.04. The van der Waals surface area contributed by atoms with E-state index in [1.165, 1.54) is 11.1 Å². The summed E-state index contributed by atoms with van der Waals surface area (Å²) in [7, 11) is 0. The van der Waals surface area contributed by atoms with Gasteiger partial charge in [0.05, 0.1) is 18.8 Å². The molecular formula is C13H16N2OS. The summed E-state index contributed by atoms with van der Waals surface area (Å²) < 4.78 is 2.56. The molecule has 0 amide bonds. The minimum atomic E-state index is 0.000182. The molecule has 0 saturated carbocycles. The maximum Gasteiger partial charge on any atom is 0.177 e. The standard InChI is InChI=1S/C13H16N2OS/c1-2-10-3-5-11(6-4-10)8-15-12(9-16)7-14-13(15)17/h3-7,16H,2,8-9H2,1H3,(H,14,17). The summed E-state index contributed by atoms with van der Waals surface area (Å²) in [6.45, 7) is 2.84. The van der Waals surface area contributed by atoms with Crippen molar-refractivity contribution in [3.63, 3.8) is 0 Å². The molecule has 0 unspecified atom stereocenters. The van der Waals surface area contributed by atoms with Crippen LogP contribution in [0.2, 0.25) is 0 Å². The van der Waals surface area contributed by atoms with E-state index in [1.54, 1.807) is 6.20 Å². The maximum absolute atomic E-state index is 9.20. The fraction of sp³-hybridized carbons (Fsp3) is 0.308. The molecule has 0 fully saturated rings. The van der Waals surface area contributed by atoms with Crippen molar-refractivity contribution in [3.8, 4) is 0 Å². The Labute approximate surface area is 106 Å². The van der Waals surface area contributed by atoms with Crippen LogP contribution in [0.25, 0.3) is 0 Å². The van der Waals surface area contributed by atoms with Gasteiger partial charge in [-0.05, 0) is 29.8 Å². The van der Waals surface area contributed by atoms with Gasteiger partial charge in [-0.3, -0.25) is 0 Å². The fourth-order valence-electron chi connectivity index (χ4n) is 1.80. The van der Waals surface area contributed by atoms with Crippen molar-refractivity contribution in [2.75, 3.05) is 0 Å². The summed E-state index contributed by atoms with van der Waals surface area (Å²) in [5.41, 5.74) is 3.33. The number of aromatic nitrogens is 2. The van der Waals surface area contributed by atoms with E-state index in [0.29, 0.717) is 11.3 Å². The summed E-state index contributed by atoms with van der Waals surface area (Å²) in [6.07, 6.45) is 2.80. The van der Waals surface area contributed by atoms with Crippen LogP contribution in [0.5, 0.6) is 0 Å². The number of aliphatic hydroxyl groups excluding tert-OH is 1. The van der Waals surface area contributed by atoms with Crippen LogP contribution in [0.1, 0.15) is 23.7 Å². The minimum Gasteiger partial charge on any atom is -0.390 e. The molecule has 0 bridgehead atoms. The molecule has 1 aromatic heterocycles. The van der Waals surface area contributed by atoms with Crippen LogP contribution in [0.3, 0.4) is 0 Å². The third-order valence-electron chi connectivity index (χ3n) is 2.89. The third kappa shape index (κ3) is 2.65. The number of nitrogens with one attached hydrogen (secondary N) is 1. The van der Waals surface area contributed by atoms with E-state index in [0.717, 1.165) is 12.1 Å². The van der Waals surface area contributed by atoms with Crippen LogP contribution in [0, 0.1) is 4.77 Å². The number of aromatic amines is 1. The zero-order valence-electron chi connectivity index (χ0n) is 9.81. The molecule has 3 nitrogen and oxygen atoms in total. The second-order valence-corrected chi connectivity index (χ2v) is 4.39. The average molecular weight is 248 g/mol. The molecular weight excluding hydrogens is 232 g/mol. The number of imidazole rings is 1. The summed E-state index contributed by atoms with van der Waals surface area (Å²) >= 11 is 5.18. The lowest BCUT2D eigenvalue weighted by Crippen LogP contribution is -2.04. The smallest absolute Gasteiger partial charge is 0.177 e. The Kier molecular flexibility index (Phi) is 3.76. The van der Waals surface area contributed by atoms with E-state index < -0.39 is 0 Å². The molecule has 2 N–H and O–H groups in total. The first-order chi connectivity index (χ1) is 8.24. The first-order valence-corrected chi connectivity index (χ1v) is 6.11. The highest BCUT2D eigenvalue weighted by molar-refractivity contribution is 7.71. The molecule has 0 saturated heterocycles. The Morgan fingerprint density at radius 1 is 1.24 bits per heavy atom. The van der Waals surface area contributed by atoms with Gasteiger partial charge in [0.1, 0.15) is 0 Å². The summed E-state index contributed by atoms with van der Waals surface area (Å²) in [5.74, 6) is 0. The largest absolute Gasteiger partial charge is 0.390 e. The van der Waals surface area contributed by atoms with Crippen molar-refractivity contribution in [2.24, 2.45) is 0 Å². The number of nitrogens with zero attached hydrogens (tertiary/aromatic N) is 1. The minimum absolute atomic E-state index is 0.000182. The van der Waals surface area contributed by atoms with Crippen LogP contribution in [0.4, 0.5) is 0 Å². The molecule has 17 heavy (non-hydrogen) atoms. The summed E-state index contributed by atoms with van der Waals surface area (Å²) in [4.78, 5) is 2.95. The molecule has 0 aliphatic rings. The van der Waals surface area contributed by atoms with Gasteiger partial charge in [0.25, 0.3) is 0 Å². The van der Waals surface area contributed by atoms with Crippen molar-refractivity contribution in [1.82, 2.24) is 9.55 Å². The lowest BCUT2D eigenvalue weighted by molar-refractivity contribution is 0.271. The van der Waals surface area contributed by atoms with Crippen molar-refractivity contribution in [2.45, 2.75) is 26.5 Å². The lowest BCUT2D eigenvalue weighted by Gasteiger charge is -2.07. The molecule has 90 valence electrons. The van der Waals surface area contributed by atoms with Crippen LogP contribution in [-0.4, -0.2) is 14.7 Å². The molecule has 0 radical (unpaired) electrons. The normalized spacial score (nSPS) is 10.7. The SMILES string of the molecule is CCc1ccc(Cn2c(CO)c[nH]c2=S)cc1. The molecule has 0 aliphatic carbocycles. The predicted molar refractivity (Wildman–Crippen MR) is 70.5 cm³/mol. The van der Waals surface area contributed by atoms with Gasteiger partial charge in [0.2, 0.25) is 0 Å². The highest BCUT2D eigenvalue weighted by Crippen LogP contribution is 2.10. The molecule has 2 rings (SSSR count). The highest BCUT2D eigenvalue weighted by Gasteiger charge is 2.03. The second-order valence-electron chi connectivity index (χ2n) is 4.00. The van der Waals surface area contributed by atoms with Crippen LogP contribution >= 0.6 is 12.2 Å². The highest BCUT2D eigenvalue weighted by atomic mass is 32.1. The van der Waals surface area contributed by atoms with E-state index in [4.69, 9.17) is 12.2 Å². The molecule has 0 aliphatic heterocycles. The Balaban J connectivity index is 2.24. The van der Waals surface area contributed by atoms with Gasteiger partial charge in [-0.25, -0.2) is 0 Å². The second kappa shape index (κ2) is 5.29. The van der Waals surface area contributed by atoms with Gasteiger partial charge in [-0.2, -0.15) is 0 Å². The van der Waals surface area contributed by atoms with Gasteiger partial charge in [-0.15, -0.1) is 0 Å². The van der Waals surface area contributed by atoms with Gasteiger partial charge < -0.3 is 14.7 Å². The van der Waals surface area contributed by atoms with Crippen LogP contribution in [0.15, 0.2) is 30.5 Å². The van der Waals surface area contributed by atoms with Crippen LogP contribution < -0.4 is 0 Å². The molecule has 1 aromatic carbocycles. The van der Waals surface area contributed by atoms with Crippen molar-refractivity contribution in [1.29, 1.82) is 0 Å². The van der Waals surface area contributed by atoms with E-state index in [9.17, 15) is 5.11 Å². The first-order valence-electron chi connectivity index (χ1n) is 5.70. The van der Waals surface area contributed by atoms with E-state index in [-0.39, 0.29) is 6.61 Å². The zero-order chi connectivity index (χ0) is 12.3. The number of rotatable bonds is 4. The van der Waals surface area contributed by atoms with Gasteiger partial charge in [0, 0.05) is 6.20 Å². The quantitative estimate of drug-likeness (QED) is 0.817. The summed E-state index contributed by atoms with van der Waals surface area (Å²) in [6, 6.07) is 8.47. The van der Waals surface area contributed by atoms with E-state index in [2.05, 4.69) is 36.2 Å². The molecule has 0 spiro atoms. The number of H-pyrrole nitrogens is 1. The van der Waals surface area contributed by atoms with E-state index >= 15 is 0 Å². The number of aryl methyl sites for hydroxylation is 1. The average Bonchev–Trinajstić information content (AvgIpc) is 2.71. The van der Waals surface area contributed by atoms with Gasteiger partial charge >= 0.3 is 0 Å². The Morgan fingerprint density at radius 2 is 1.88 bits per heavy atom. The molecule has 2 aromatic rings. The molecule has 4 heteroatoms. The van der Waals surface area contributed by atoms with Gasteiger partial charge in [0.15, 0.2) is 4.77 Å². The van der Waals surface area contributed by atoms with E-state index in [1.807, 2.05) is 4.57 Å². The maximum atomic E-state index is 9.20. The van der Waals surface area contributed by atoms with Gasteiger partial charge in [-0.1, -0.05) is 31.2 Å². The number of aliphatic hydroxyl groups is 1. The van der Waals surface area contributed by atoms with Crippen molar-refractivity contribution >= 4 is 12.2 Å². The topological polar surface area (TPSA) is 41.0 Å². The third-order valence-corrected chi connectivity index (χ3v) is 3.23. The van der Waals surface area contributed by atoms with Crippen molar-refractivity contribution < 1.29 is 5.11 Å². The molecule has 1 heterocycles.